The molecule has 0 amide bonds. The molecule has 1 N–H and O–H groups in total. The molecular formula is C18H27N3O3S. The fraction of sp³-hybridized carbons (Fsp3) is 0.611. The molecule has 0 saturated carbocycles. The topological polar surface area (TPSA) is 75.3 Å². The summed E-state index contributed by atoms with van der Waals surface area (Å²) in [4.78, 5) is 7.44. The van der Waals surface area contributed by atoms with E-state index < -0.39 is 10.0 Å². The van der Waals surface area contributed by atoms with E-state index in [9.17, 15) is 8.42 Å². The summed E-state index contributed by atoms with van der Waals surface area (Å²) in [6.07, 6.45) is 4.49. The number of morpholine rings is 1. The van der Waals surface area contributed by atoms with Crippen LogP contribution in [0.5, 0.6) is 0 Å². The number of hydrogen-bond donors (Lipinski definition) is 1. The lowest BCUT2D eigenvalue weighted by atomic mass is 10.0. The van der Waals surface area contributed by atoms with Gasteiger partial charge >= 0.3 is 0 Å². The van der Waals surface area contributed by atoms with Crippen LogP contribution in [-0.4, -0.2) is 48.0 Å². The molecule has 1 aliphatic heterocycles. The maximum absolute atomic E-state index is 13.2. The summed E-state index contributed by atoms with van der Waals surface area (Å²) >= 11 is 0. The van der Waals surface area contributed by atoms with Crippen molar-refractivity contribution in [2.45, 2.75) is 57.1 Å². The molecule has 1 aliphatic rings. The van der Waals surface area contributed by atoms with Crippen LogP contribution in [0.1, 0.15) is 40.0 Å². The highest BCUT2D eigenvalue weighted by molar-refractivity contribution is 7.89. The number of benzene rings is 1. The van der Waals surface area contributed by atoms with Gasteiger partial charge in [0, 0.05) is 13.1 Å². The van der Waals surface area contributed by atoms with E-state index in [4.69, 9.17) is 4.74 Å². The average Bonchev–Trinajstić information content (AvgIpc) is 3.07. The summed E-state index contributed by atoms with van der Waals surface area (Å²) in [5, 5.41) is 0. The van der Waals surface area contributed by atoms with Crippen LogP contribution in [0, 0.1) is 5.92 Å². The van der Waals surface area contributed by atoms with Crippen LogP contribution in [0.25, 0.3) is 11.0 Å². The lowest BCUT2D eigenvalue weighted by Crippen LogP contribution is -2.51. The molecule has 2 heterocycles. The van der Waals surface area contributed by atoms with Crippen molar-refractivity contribution in [1.29, 1.82) is 0 Å². The summed E-state index contributed by atoms with van der Waals surface area (Å²) in [5.74, 6) is 0.275. The molecule has 0 aliphatic carbocycles. The predicted octanol–water partition coefficient (Wildman–Crippen LogP) is 3.17. The largest absolute Gasteiger partial charge is 0.372 e. The van der Waals surface area contributed by atoms with E-state index in [0.717, 1.165) is 30.3 Å². The van der Waals surface area contributed by atoms with Crippen LogP contribution in [-0.2, 0) is 14.8 Å². The summed E-state index contributed by atoms with van der Waals surface area (Å²) in [7, 11) is -3.55. The van der Waals surface area contributed by atoms with E-state index in [2.05, 4.69) is 30.7 Å². The quantitative estimate of drug-likeness (QED) is 0.853. The molecule has 0 spiro atoms. The number of fused-ring (bicyclic) bond motifs is 1. The first-order valence-corrected chi connectivity index (χ1v) is 10.4. The summed E-state index contributed by atoms with van der Waals surface area (Å²) in [5.41, 5.74) is 1.50. The number of ether oxygens (including phenoxy) is 1. The molecule has 2 atom stereocenters. The second kappa shape index (κ2) is 7.43. The minimum atomic E-state index is -3.55. The van der Waals surface area contributed by atoms with E-state index in [-0.39, 0.29) is 18.1 Å². The molecule has 2 aromatic rings. The first kappa shape index (κ1) is 18.4. The number of aromatic amines is 1. The van der Waals surface area contributed by atoms with Crippen LogP contribution in [0.15, 0.2) is 29.4 Å². The highest BCUT2D eigenvalue weighted by Crippen LogP contribution is 2.27. The Morgan fingerprint density at radius 2 is 2.16 bits per heavy atom. The third kappa shape index (κ3) is 3.88. The van der Waals surface area contributed by atoms with E-state index in [1.54, 1.807) is 28.8 Å². The standard InChI is InChI=1S/C18H27N3O3S/c1-4-5-6-14-10-21(11-18(24-14)13(2)3)25(22,23)15-7-8-16-17(9-15)20-12-19-16/h7-9,12-14,18H,4-6,10-11H2,1-3H3,(H,19,20)/t14-,18-/m1/s1. The molecule has 1 saturated heterocycles. The number of aromatic nitrogens is 2. The molecule has 7 heteroatoms. The van der Waals surface area contributed by atoms with Crippen molar-refractivity contribution in [3.63, 3.8) is 0 Å². The fourth-order valence-electron chi connectivity index (χ4n) is 3.22. The predicted molar refractivity (Wildman–Crippen MR) is 97.9 cm³/mol. The van der Waals surface area contributed by atoms with Crippen molar-refractivity contribution in [1.82, 2.24) is 14.3 Å². The van der Waals surface area contributed by atoms with Gasteiger partial charge in [0.2, 0.25) is 10.0 Å². The van der Waals surface area contributed by atoms with Crippen LogP contribution >= 0.6 is 0 Å². The van der Waals surface area contributed by atoms with E-state index in [1.807, 2.05) is 0 Å². The van der Waals surface area contributed by atoms with Gasteiger partial charge in [0.1, 0.15) is 0 Å². The molecule has 138 valence electrons. The van der Waals surface area contributed by atoms with Crippen molar-refractivity contribution < 1.29 is 13.2 Å². The third-order valence-electron chi connectivity index (χ3n) is 4.81. The smallest absolute Gasteiger partial charge is 0.243 e. The second-order valence-corrected chi connectivity index (χ2v) is 9.02. The van der Waals surface area contributed by atoms with Gasteiger partial charge in [-0.2, -0.15) is 4.31 Å². The molecule has 3 rings (SSSR count). The van der Waals surface area contributed by atoms with E-state index in [1.165, 1.54) is 0 Å². The summed E-state index contributed by atoms with van der Waals surface area (Å²) in [6, 6.07) is 5.05. The molecule has 0 radical (unpaired) electrons. The summed E-state index contributed by atoms with van der Waals surface area (Å²) < 4.78 is 34.1. The molecule has 1 aromatic carbocycles. The number of unbranched alkanes of at least 4 members (excludes halogenated alkanes) is 1. The third-order valence-corrected chi connectivity index (χ3v) is 6.64. The van der Waals surface area contributed by atoms with Gasteiger partial charge in [-0.1, -0.05) is 33.6 Å². The monoisotopic (exact) mass is 365 g/mol. The molecule has 0 unspecified atom stereocenters. The number of sulfonamides is 1. The fourth-order valence-corrected chi connectivity index (χ4v) is 4.73. The summed E-state index contributed by atoms with van der Waals surface area (Å²) in [6.45, 7) is 7.12. The Hall–Kier alpha value is -1.44. The van der Waals surface area contributed by atoms with Crippen LogP contribution in [0.4, 0.5) is 0 Å². The lowest BCUT2D eigenvalue weighted by molar-refractivity contribution is -0.0858. The number of H-pyrrole nitrogens is 1. The van der Waals surface area contributed by atoms with E-state index >= 15 is 0 Å². The number of rotatable bonds is 6. The zero-order valence-electron chi connectivity index (χ0n) is 15.1. The van der Waals surface area contributed by atoms with Crippen molar-refractivity contribution in [3.05, 3.63) is 24.5 Å². The first-order chi connectivity index (χ1) is 11.9. The molecule has 6 nitrogen and oxygen atoms in total. The highest BCUT2D eigenvalue weighted by Gasteiger charge is 2.36. The number of nitrogens with zero attached hydrogens (tertiary/aromatic N) is 2. The van der Waals surface area contributed by atoms with Gasteiger partial charge in [-0.05, 0) is 30.5 Å². The van der Waals surface area contributed by atoms with Crippen molar-refractivity contribution >= 4 is 21.1 Å². The second-order valence-electron chi connectivity index (χ2n) is 7.09. The molecular weight excluding hydrogens is 338 g/mol. The van der Waals surface area contributed by atoms with Crippen molar-refractivity contribution in [3.8, 4) is 0 Å². The zero-order valence-corrected chi connectivity index (χ0v) is 15.9. The van der Waals surface area contributed by atoms with Gasteiger partial charge in [-0.25, -0.2) is 13.4 Å². The Morgan fingerprint density at radius 1 is 1.36 bits per heavy atom. The minimum Gasteiger partial charge on any atom is -0.372 e. The van der Waals surface area contributed by atoms with Gasteiger partial charge in [0.25, 0.3) is 0 Å². The minimum absolute atomic E-state index is 0.0354. The molecule has 1 aromatic heterocycles. The first-order valence-electron chi connectivity index (χ1n) is 9.00. The molecule has 25 heavy (non-hydrogen) atoms. The molecule has 1 fully saturated rings. The Morgan fingerprint density at radius 3 is 2.88 bits per heavy atom. The van der Waals surface area contributed by atoms with Gasteiger partial charge in [-0.15, -0.1) is 0 Å². The maximum atomic E-state index is 13.2. The van der Waals surface area contributed by atoms with Gasteiger partial charge in [0.15, 0.2) is 0 Å². The average molecular weight is 365 g/mol. The molecule has 0 bridgehead atoms. The Balaban J connectivity index is 1.87. The number of hydrogen-bond acceptors (Lipinski definition) is 4. The van der Waals surface area contributed by atoms with Gasteiger partial charge in [-0.3, -0.25) is 0 Å². The van der Waals surface area contributed by atoms with Gasteiger partial charge in [0.05, 0.1) is 34.5 Å². The highest BCUT2D eigenvalue weighted by atomic mass is 32.2. The maximum Gasteiger partial charge on any atom is 0.243 e. The zero-order chi connectivity index (χ0) is 18.0. The van der Waals surface area contributed by atoms with Crippen molar-refractivity contribution in [2.24, 2.45) is 5.92 Å². The Labute approximate surface area is 149 Å². The van der Waals surface area contributed by atoms with Crippen molar-refractivity contribution in [2.75, 3.05) is 13.1 Å². The van der Waals surface area contributed by atoms with Crippen LogP contribution in [0.3, 0.4) is 0 Å². The lowest BCUT2D eigenvalue weighted by Gasteiger charge is -2.39. The van der Waals surface area contributed by atoms with Crippen LogP contribution < -0.4 is 0 Å². The van der Waals surface area contributed by atoms with Crippen LogP contribution in [0.2, 0.25) is 0 Å². The normalized spacial score (nSPS) is 22.7. The Kier molecular flexibility index (Phi) is 5.46. The van der Waals surface area contributed by atoms with Gasteiger partial charge < -0.3 is 9.72 Å². The SMILES string of the molecule is CCCC[C@@H]1CN(S(=O)(=O)c2ccc3nc[nH]c3c2)C[C@H](C(C)C)O1. The van der Waals surface area contributed by atoms with E-state index in [0.29, 0.717) is 18.0 Å². The Bertz CT molecular complexity index is 816. The number of nitrogens with one attached hydrogen (secondary N) is 1. The number of imidazole rings is 1.